The Bertz CT molecular complexity index is 940. The number of rotatable bonds is 3. The van der Waals surface area contributed by atoms with Crippen molar-refractivity contribution in [3.05, 3.63) is 71.9 Å². The number of nitrogens with two attached hydrogens (primary N) is 1. The molecule has 5 nitrogen and oxygen atoms in total. The van der Waals surface area contributed by atoms with Crippen molar-refractivity contribution in [3.63, 3.8) is 0 Å². The van der Waals surface area contributed by atoms with Crippen LogP contribution in [0.1, 0.15) is 28.8 Å². The van der Waals surface area contributed by atoms with Crippen molar-refractivity contribution in [1.29, 1.82) is 0 Å². The molecule has 0 bridgehead atoms. The predicted octanol–water partition coefficient (Wildman–Crippen LogP) is 3.41. The number of para-hydroxylation sites is 1. The fourth-order valence-electron chi connectivity index (χ4n) is 3.55. The quantitative estimate of drug-likeness (QED) is 0.778. The van der Waals surface area contributed by atoms with E-state index in [4.69, 9.17) is 10.8 Å². The summed E-state index contributed by atoms with van der Waals surface area (Å²) in [5, 5.41) is 4.79. The standard InChI is InChI=1S/C22H24N4O/c1-16-7-5-6-10-19(16)21-20(22(27)25-13-11-17(23)12-14-25)15-26(24-21)18-8-3-2-4-9-18/h2-10,15,17H,11-14,23H2,1H3. The highest BCUT2D eigenvalue weighted by Gasteiger charge is 2.26. The molecule has 0 radical (unpaired) electrons. The van der Waals surface area contributed by atoms with Crippen LogP contribution in [-0.4, -0.2) is 39.7 Å². The molecular formula is C22H24N4O. The Morgan fingerprint density at radius 2 is 1.70 bits per heavy atom. The van der Waals surface area contributed by atoms with E-state index < -0.39 is 0 Å². The van der Waals surface area contributed by atoms with Crippen LogP contribution in [0.25, 0.3) is 16.9 Å². The summed E-state index contributed by atoms with van der Waals surface area (Å²) >= 11 is 0. The first-order chi connectivity index (χ1) is 13.1. The first-order valence-electron chi connectivity index (χ1n) is 9.39. The smallest absolute Gasteiger partial charge is 0.257 e. The number of hydrogen-bond acceptors (Lipinski definition) is 3. The average Bonchev–Trinajstić information content (AvgIpc) is 3.14. The molecule has 0 spiro atoms. The number of carbonyl (C=O) groups excluding carboxylic acids is 1. The molecule has 1 amide bonds. The van der Waals surface area contributed by atoms with E-state index in [-0.39, 0.29) is 11.9 Å². The summed E-state index contributed by atoms with van der Waals surface area (Å²) in [7, 11) is 0. The Balaban J connectivity index is 1.78. The first-order valence-corrected chi connectivity index (χ1v) is 9.39. The zero-order valence-corrected chi connectivity index (χ0v) is 15.5. The SMILES string of the molecule is Cc1ccccc1-c1nn(-c2ccccc2)cc1C(=O)N1CCC(N)CC1. The molecule has 1 aliphatic heterocycles. The van der Waals surface area contributed by atoms with Gasteiger partial charge in [-0.05, 0) is 37.5 Å². The van der Waals surface area contributed by atoms with Gasteiger partial charge in [0.05, 0.1) is 11.3 Å². The molecule has 4 rings (SSSR count). The van der Waals surface area contributed by atoms with Gasteiger partial charge in [-0.25, -0.2) is 4.68 Å². The van der Waals surface area contributed by atoms with E-state index in [1.54, 1.807) is 4.68 Å². The van der Waals surface area contributed by atoms with Crippen LogP contribution in [0.5, 0.6) is 0 Å². The van der Waals surface area contributed by atoms with E-state index in [0.29, 0.717) is 18.7 Å². The van der Waals surface area contributed by atoms with E-state index in [0.717, 1.165) is 35.3 Å². The molecule has 138 valence electrons. The maximum Gasteiger partial charge on any atom is 0.257 e. The lowest BCUT2D eigenvalue weighted by Crippen LogP contribution is -2.42. The summed E-state index contributed by atoms with van der Waals surface area (Å²) in [5.41, 5.74) is 10.4. The Morgan fingerprint density at radius 1 is 1.04 bits per heavy atom. The maximum absolute atomic E-state index is 13.3. The molecule has 1 fully saturated rings. The molecule has 1 aromatic heterocycles. The molecule has 1 saturated heterocycles. The highest BCUT2D eigenvalue weighted by Crippen LogP contribution is 2.28. The van der Waals surface area contributed by atoms with Crippen molar-refractivity contribution < 1.29 is 4.79 Å². The molecule has 0 saturated carbocycles. The van der Waals surface area contributed by atoms with Gasteiger partial charge in [0.2, 0.25) is 0 Å². The van der Waals surface area contributed by atoms with Gasteiger partial charge in [-0.3, -0.25) is 4.79 Å². The van der Waals surface area contributed by atoms with Gasteiger partial charge >= 0.3 is 0 Å². The fraction of sp³-hybridized carbons (Fsp3) is 0.273. The third-order valence-corrected chi connectivity index (χ3v) is 5.19. The van der Waals surface area contributed by atoms with Gasteiger partial charge in [0.1, 0.15) is 5.69 Å². The number of piperidine rings is 1. The first kappa shape index (κ1) is 17.5. The number of hydrogen-bond donors (Lipinski definition) is 1. The van der Waals surface area contributed by atoms with E-state index >= 15 is 0 Å². The van der Waals surface area contributed by atoms with Crippen molar-refractivity contribution in [2.24, 2.45) is 5.73 Å². The number of carbonyl (C=O) groups is 1. The fourth-order valence-corrected chi connectivity index (χ4v) is 3.55. The van der Waals surface area contributed by atoms with Gasteiger partial charge in [0, 0.05) is 30.9 Å². The lowest BCUT2D eigenvalue weighted by Gasteiger charge is -2.30. The zero-order valence-electron chi connectivity index (χ0n) is 15.5. The van der Waals surface area contributed by atoms with E-state index in [1.807, 2.05) is 72.6 Å². The summed E-state index contributed by atoms with van der Waals surface area (Å²) in [6, 6.07) is 18.1. The summed E-state index contributed by atoms with van der Waals surface area (Å²) in [5.74, 6) is 0.0299. The normalized spacial score (nSPS) is 15.1. The lowest BCUT2D eigenvalue weighted by molar-refractivity contribution is 0.0715. The molecule has 0 aliphatic carbocycles. The molecule has 0 atom stereocenters. The van der Waals surface area contributed by atoms with Crippen molar-refractivity contribution in [3.8, 4) is 16.9 Å². The summed E-state index contributed by atoms with van der Waals surface area (Å²) < 4.78 is 1.80. The second-order valence-corrected chi connectivity index (χ2v) is 7.12. The second kappa shape index (κ2) is 7.37. The molecule has 5 heteroatoms. The minimum atomic E-state index is 0.0299. The number of amides is 1. The van der Waals surface area contributed by atoms with E-state index in [9.17, 15) is 4.79 Å². The van der Waals surface area contributed by atoms with Crippen LogP contribution >= 0.6 is 0 Å². The van der Waals surface area contributed by atoms with Crippen LogP contribution < -0.4 is 5.73 Å². The molecule has 3 aromatic rings. The topological polar surface area (TPSA) is 64.2 Å². The molecule has 2 aromatic carbocycles. The summed E-state index contributed by atoms with van der Waals surface area (Å²) in [6.45, 7) is 3.44. The molecule has 1 aliphatic rings. The zero-order chi connectivity index (χ0) is 18.8. The third kappa shape index (κ3) is 3.51. The minimum Gasteiger partial charge on any atom is -0.338 e. The molecule has 2 N–H and O–H groups in total. The van der Waals surface area contributed by atoms with Gasteiger partial charge in [-0.15, -0.1) is 0 Å². The van der Waals surface area contributed by atoms with Crippen molar-refractivity contribution in [1.82, 2.24) is 14.7 Å². The van der Waals surface area contributed by atoms with Gasteiger partial charge in [0.15, 0.2) is 0 Å². The Labute approximate surface area is 159 Å². The third-order valence-electron chi connectivity index (χ3n) is 5.19. The molecular weight excluding hydrogens is 336 g/mol. The Hall–Kier alpha value is -2.92. The van der Waals surface area contributed by atoms with Crippen molar-refractivity contribution in [2.75, 3.05) is 13.1 Å². The highest BCUT2D eigenvalue weighted by atomic mass is 16.2. The van der Waals surface area contributed by atoms with Crippen LogP contribution in [0.3, 0.4) is 0 Å². The average molecular weight is 360 g/mol. The summed E-state index contributed by atoms with van der Waals surface area (Å²) in [4.78, 5) is 15.2. The van der Waals surface area contributed by atoms with Crippen LogP contribution in [0, 0.1) is 6.92 Å². The number of likely N-dealkylation sites (tertiary alicyclic amines) is 1. The van der Waals surface area contributed by atoms with Crippen molar-refractivity contribution >= 4 is 5.91 Å². The van der Waals surface area contributed by atoms with Gasteiger partial charge in [-0.2, -0.15) is 5.10 Å². The highest BCUT2D eigenvalue weighted by molar-refractivity contribution is 6.00. The molecule has 27 heavy (non-hydrogen) atoms. The second-order valence-electron chi connectivity index (χ2n) is 7.12. The van der Waals surface area contributed by atoms with E-state index in [1.165, 1.54) is 0 Å². The number of nitrogens with zero attached hydrogens (tertiary/aromatic N) is 3. The molecule has 0 unspecified atom stereocenters. The summed E-state index contributed by atoms with van der Waals surface area (Å²) in [6.07, 6.45) is 3.55. The maximum atomic E-state index is 13.3. The van der Waals surface area contributed by atoms with Crippen LogP contribution in [0.15, 0.2) is 60.8 Å². The van der Waals surface area contributed by atoms with Crippen LogP contribution in [-0.2, 0) is 0 Å². The van der Waals surface area contributed by atoms with E-state index in [2.05, 4.69) is 0 Å². The van der Waals surface area contributed by atoms with Gasteiger partial charge in [0.25, 0.3) is 5.91 Å². The Kier molecular flexibility index (Phi) is 4.77. The number of aromatic nitrogens is 2. The van der Waals surface area contributed by atoms with Crippen LogP contribution in [0.2, 0.25) is 0 Å². The Morgan fingerprint density at radius 3 is 2.41 bits per heavy atom. The lowest BCUT2D eigenvalue weighted by atomic mass is 10.0. The van der Waals surface area contributed by atoms with Crippen molar-refractivity contribution in [2.45, 2.75) is 25.8 Å². The number of aryl methyl sites for hydroxylation is 1. The number of benzene rings is 2. The van der Waals surface area contributed by atoms with Crippen LogP contribution in [0.4, 0.5) is 0 Å². The largest absolute Gasteiger partial charge is 0.338 e. The molecule has 2 heterocycles. The minimum absolute atomic E-state index is 0.0299. The monoisotopic (exact) mass is 360 g/mol. The predicted molar refractivity (Wildman–Crippen MR) is 107 cm³/mol. The van der Waals surface area contributed by atoms with Gasteiger partial charge < -0.3 is 10.6 Å². The van der Waals surface area contributed by atoms with Gasteiger partial charge in [-0.1, -0.05) is 42.5 Å².